The first-order valence-corrected chi connectivity index (χ1v) is 9.63. The molecule has 0 aliphatic carbocycles. The van der Waals surface area contributed by atoms with E-state index in [-0.39, 0.29) is 5.91 Å². The Hall–Kier alpha value is -3.25. The highest BCUT2D eigenvalue weighted by atomic mass is 16.5. The van der Waals surface area contributed by atoms with Gasteiger partial charge < -0.3 is 15.4 Å². The minimum atomic E-state index is -0.232. The third-order valence-electron chi connectivity index (χ3n) is 4.67. The number of hydrogen-bond acceptors (Lipinski definition) is 5. The number of carbonyl (C=O) groups is 1. The third kappa shape index (κ3) is 5.39. The van der Waals surface area contributed by atoms with E-state index in [4.69, 9.17) is 4.74 Å². The number of nitrogens with zero attached hydrogens (tertiary/aromatic N) is 2. The second-order valence-electron chi connectivity index (χ2n) is 6.80. The molecule has 0 unspecified atom stereocenters. The number of aromatic nitrogens is 2. The van der Waals surface area contributed by atoms with Crippen LogP contribution in [0.15, 0.2) is 54.6 Å². The van der Waals surface area contributed by atoms with Gasteiger partial charge in [-0.3, -0.25) is 4.79 Å². The number of nitrogens with one attached hydrogen (secondary N) is 2. The lowest BCUT2D eigenvalue weighted by Crippen LogP contribution is -2.26. The Morgan fingerprint density at radius 1 is 1.03 bits per heavy atom. The molecule has 3 rings (SSSR count). The van der Waals surface area contributed by atoms with Crippen molar-refractivity contribution in [3.05, 3.63) is 71.4 Å². The SMILES string of the molecule is COCCCNC(=O)c1cc(Nc2cccc(C)c2C)nc(-c2ccccc2)n1. The predicted octanol–water partition coefficient (Wildman–Crippen LogP) is 4.27. The summed E-state index contributed by atoms with van der Waals surface area (Å²) in [6.45, 7) is 5.24. The zero-order valence-electron chi connectivity index (χ0n) is 17.0. The third-order valence-corrected chi connectivity index (χ3v) is 4.67. The summed E-state index contributed by atoms with van der Waals surface area (Å²) < 4.78 is 5.03. The molecule has 29 heavy (non-hydrogen) atoms. The number of aryl methyl sites for hydroxylation is 1. The van der Waals surface area contributed by atoms with Gasteiger partial charge in [0, 0.05) is 37.6 Å². The number of hydrogen-bond donors (Lipinski definition) is 2. The van der Waals surface area contributed by atoms with Crippen LogP contribution in [0.1, 0.15) is 28.0 Å². The summed E-state index contributed by atoms with van der Waals surface area (Å²) in [5.41, 5.74) is 4.45. The lowest BCUT2D eigenvalue weighted by molar-refractivity contribution is 0.0943. The molecular weight excluding hydrogens is 364 g/mol. The highest BCUT2D eigenvalue weighted by Crippen LogP contribution is 2.24. The summed E-state index contributed by atoms with van der Waals surface area (Å²) in [5.74, 6) is 0.849. The van der Waals surface area contributed by atoms with E-state index in [0.717, 1.165) is 23.2 Å². The van der Waals surface area contributed by atoms with E-state index < -0.39 is 0 Å². The fourth-order valence-electron chi connectivity index (χ4n) is 2.88. The quantitative estimate of drug-likeness (QED) is 0.562. The molecule has 0 radical (unpaired) electrons. The van der Waals surface area contributed by atoms with Gasteiger partial charge in [-0.15, -0.1) is 0 Å². The number of methoxy groups -OCH3 is 1. The van der Waals surface area contributed by atoms with E-state index in [1.165, 1.54) is 5.56 Å². The van der Waals surface area contributed by atoms with Crippen molar-refractivity contribution in [1.29, 1.82) is 0 Å². The van der Waals surface area contributed by atoms with Crippen LogP contribution >= 0.6 is 0 Å². The van der Waals surface area contributed by atoms with Crippen molar-refractivity contribution in [3.63, 3.8) is 0 Å². The molecule has 1 amide bonds. The number of ether oxygens (including phenoxy) is 1. The Morgan fingerprint density at radius 3 is 2.59 bits per heavy atom. The number of benzene rings is 2. The Balaban J connectivity index is 1.92. The van der Waals surface area contributed by atoms with Crippen LogP contribution in [0.4, 0.5) is 11.5 Å². The van der Waals surface area contributed by atoms with Crippen molar-refractivity contribution in [1.82, 2.24) is 15.3 Å². The largest absolute Gasteiger partial charge is 0.385 e. The molecule has 6 heteroatoms. The Bertz CT molecular complexity index is 974. The molecule has 2 aromatic carbocycles. The first kappa shape index (κ1) is 20.5. The maximum Gasteiger partial charge on any atom is 0.270 e. The first-order valence-electron chi connectivity index (χ1n) is 9.63. The van der Waals surface area contributed by atoms with Crippen LogP contribution in [0.2, 0.25) is 0 Å². The van der Waals surface area contributed by atoms with Crippen LogP contribution in [0.25, 0.3) is 11.4 Å². The standard InChI is InChI=1S/C23H26N4O2/c1-16-9-7-12-19(17(16)2)25-21-15-20(23(28)24-13-8-14-29-3)26-22(27-21)18-10-5-4-6-11-18/h4-7,9-12,15H,8,13-14H2,1-3H3,(H,24,28)(H,25,26,27). The van der Waals surface area contributed by atoms with Crippen molar-refractivity contribution < 1.29 is 9.53 Å². The maximum atomic E-state index is 12.6. The van der Waals surface area contributed by atoms with Crippen LogP contribution < -0.4 is 10.6 Å². The van der Waals surface area contributed by atoms with Crippen molar-refractivity contribution in [3.8, 4) is 11.4 Å². The van der Waals surface area contributed by atoms with Crippen molar-refractivity contribution in [2.45, 2.75) is 20.3 Å². The molecule has 0 aliphatic rings. The van der Waals surface area contributed by atoms with E-state index in [9.17, 15) is 4.79 Å². The summed E-state index contributed by atoms with van der Waals surface area (Å²) in [5, 5.41) is 6.23. The number of anilines is 2. The molecule has 1 aromatic heterocycles. The Labute approximate surface area is 171 Å². The van der Waals surface area contributed by atoms with E-state index in [1.807, 2.05) is 42.5 Å². The summed E-state index contributed by atoms with van der Waals surface area (Å²) in [6.07, 6.45) is 0.743. The van der Waals surface area contributed by atoms with Gasteiger partial charge in [-0.05, 0) is 37.5 Å². The average Bonchev–Trinajstić information content (AvgIpc) is 2.75. The molecule has 0 saturated carbocycles. The van der Waals surface area contributed by atoms with Gasteiger partial charge >= 0.3 is 0 Å². The Morgan fingerprint density at radius 2 is 1.83 bits per heavy atom. The topological polar surface area (TPSA) is 76.1 Å². The van der Waals surface area contributed by atoms with Crippen LogP contribution in [-0.2, 0) is 4.74 Å². The molecule has 2 N–H and O–H groups in total. The fraction of sp³-hybridized carbons (Fsp3) is 0.261. The minimum Gasteiger partial charge on any atom is -0.385 e. The fourth-order valence-corrected chi connectivity index (χ4v) is 2.88. The van der Waals surface area contributed by atoms with Gasteiger partial charge in [0.25, 0.3) is 5.91 Å². The Kier molecular flexibility index (Phi) is 6.92. The summed E-state index contributed by atoms with van der Waals surface area (Å²) >= 11 is 0. The van der Waals surface area contributed by atoms with Crippen molar-refractivity contribution in [2.24, 2.45) is 0 Å². The van der Waals surface area contributed by atoms with Crippen LogP contribution in [0.5, 0.6) is 0 Å². The molecule has 0 atom stereocenters. The molecule has 0 saturated heterocycles. The zero-order valence-corrected chi connectivity index (χ0v) is 17.0. The van der Waals surface area contributed by atoms with Crippen LogP contribution in [-0.4, -0.2) is 36.1 Å². The van der Waals surface area contributed by atoms with Gasteiger partial charge in [-0.25, -0.2) is 9.97 Å². The first-order chi connectivity index (χ1) is 14.1. The maximum absolute atomic E-state index is 12.6. The van der Waals surface area contributed by atoms with E-state index in [0.29, 0.717) is 30.5 Å². The van der Waals surface area contributed by atoms with E-state index >= 15 is 0 Å². The molecule has 150 valence electrons. The average molecular weight is 390 g/mol. The normalized spacial score (nSPS) is 10.6. The van der Waals surface area contributed by atoms with E-state index in [2.05, 4.69) is 40.5 Å². The molecule has 1 heterocycles. The second kappa shape index (κ2) is 9.80. The molecule has 3 aromatic rings. The minimum absolute atomic E-state index is 0.232. The summed E-state index contributed by atoms with van der Waals surface area (Å²) in [7, 11) is 1.64. The van der Waals surface area contributed by atoms with Crippen LogP contribution in [0, 0.1) is 13.8 Å². The molecule has 0 aliphatic heterocycles. The smallest absolute Gasteiger partial charge is 0.270 e. The van der Waals surface area contributed by atoms with E-state index in [1.54, 1.807) is 13.2 Å². The molecule has 0 spiro atoms. The van der Waals surface area contributed by atoms with Crippen LogP contribution in [0.3, 0.4) is 0 Å². The predicted molar refractivity (Wildman–Crippen MR) is 115 cm³/mol. The number of carbonyl (C=O) groups excluding carboxylic acids is 1. The second-order valence-corrected chi connectivity index (χ2v) is 6.80. The lowest BCUT2D eigenvalue weighted by atomic mass is 10.1. The van der Waals surface area contributed by atoms with Gasteiger partial charge in [-0.1, -0.05) is 42.5 Å². The molecule has 0 bridgehead atoms. The highest BCUT2D eigenvalue weighted by Gasteiger charge is 2.14. The van der Waals surface area contributed by atoms with Crippen molar-refractivity contribution in [2.75, 3.05) is 25.6 Å². The molecular formula is C23H26N4O2. The zero-order chi connectivity index (χ0) is 20.6. The summed E-state index contributed by atoms with van der Waals surface area (Å²) in [6, 6.07) is 17.4. The molecule has 0 fully saturated rings. The lowest BCUT2D eigenvalue weighted by Gasteiger charge is -2.13. The number of rotatable bonds is 8. The van der Waals surface area contributed by atoms with Crippen molar-refractivity contribution >= 4 is 17.4 Å². The highest BCUT2D eigenvalue weighted by molar-refractivity contribution is 5.93. The van der Waals surface area contributed by atoms with Gasteiger partial charge in [0.15, 0.2) is 5.82 Å². The van der Waals surface area contributed by atoms with Gasteiger partial charge in [-0.2, -0.15) is 0 Å². The number of amides is 1. The van der Waals surface area contributed by atoms with Gasteiger partial charge in [0.05, 0.1) is 0 Å². The monoisotopic (exact) mass is 390 g/mol. The van der Waals surface area contributed by atoms with Gasteiger partial charge in [0.2, 0.25) is 0 Å². The summed E-state index contributed by atoms with van der Waals surface area (Å²) in [4.78, 5) is 21.8. The molecule has 6 nitrogen and oxygen atoms in total. The van der Waals surface area contributed by atoms with Gasteiger partial charge in [0.1, 0.15) is 11.5 Å².